The van der Waals surface area contributed by atoms with Crippen LogP contribution in [0.4, 0.5) is 0 Å². The SMILES string of the molecule is O=C1c2nccn2CCN1C1CCCNC1. The van der Waals surface area contributed by atoms with Crippen LogP contribution >= 0.6 is 0 Å². The fraction of sp³-hybridized carbons (Fsp3) is 0.636. The molecule has 1 N–H and O–H groups in total. The van der Waals surface area contributed by atoms with Gasteiger partial charge in [-0.3, -0.25) is 4.79 Å². The van der Waals surface area contributed by atoms with Crippen molar-refractivity contribution >= 4 is 5.91 Å². The van der Waals surface area contributed by atoms with E-state index in [0.29, 0.717) is 11.9 Å². The molecule has 1 amide bonds. The third-order valence-corrected chi connectivity index (χ3v) is 3.46. The summed E-state index contributed by atoms with van der Waals surface area (Å²) in [5.74, 6) is 0.682. The van der Waals surface area contributed by atoms with Crippen molar-refractivity contribution in [2.75, 3.05) is 19.6 Å². The molecule has 1 aromatic rings. The molecule has 1 fully saturated rings. The summed E-state index contributed by atoms with van der Waals surface area (Å²) in [6.45, 7) is 3.69. The summed E-state index contributed by atoms with van der Waals surface area (Å²) in [6, 6.07) is 0.353. The van der Waals surface area contributed by atoms with Gasteiger partial charge in [-0.05, 0) is 19.4 Å². The highest BCUT2D eigenvalue weighted by molar-refractivity contribution is 5.91. The molecule has 0 aliphatic carbocycles. The molecule has 0 saturated carbocycles. The Kier molecular flexibility index (Phi) is 2.40. The van der Waals surface area contributed by atoms with E-state index in [9.17, 15) is 4.79 Å². The Hall–Kier alpha value is -1.36. The molecule has 16 heavy (non-hydrogen) atoms. The van der Waals surface area contributed by atoms with Gasteiger partial charge in [0.2, 0.25) is 0 Å². The molecule has 2 aliphatic heterocycles. The fourth-order valence-corrected chi connectivity index (χ4v) is 2.58. The minimum absolute atomic E-state index is 0.0879. The number of carbonyl (C=O) groups excluding carboxylic acids is 1. The van der Waals surface area contributed by atoms with E-state index in [1.54, 1.807) is 6.20 Å². The van der Waals surface area contributed by atoms with Crippen LogP contribution in [0.2, 0.25) is 0 Å². The van der Waals surface area contributed by atoms with Crippen molar-refractivity contribution in [3.8, 4) is 0 Å². The van der Waals surface area contributed by atoms with Crippen molar-refractivity contribution in [2.24, 2.45) is 0 Å². The van der Waals surface area contributed by atoms with Gasteiger partial charge in [0, 0.05) is 38.1 Å². The molecule has 86 valence electrons. The van der Waals surface area contributed by atoms with E-state index in [1.165, 1.54) is 0 Å². The maximum absolute atomic E-state index is 12.2. The lowest BCUT2D eigenvalue weighted by atomic mass is 10.1. The summed E-state index contributed by atoms with van der Waals surface area (Å²) < 4.78 is 1.94. The second-order valence-corrected chi connectivity index (χ2v) is 4.44. The Morgan fingerprint density at radius 2 is 2.38 bits per heavy atom. The van der Waals surface area contributed by atoms with Crippen LogP contribution in [0.5, 0.6) is 0 Å². The van der Waals surface area contributed by atoms with Crippen molar-refractivity contribution in [2.45, 2.75) is 25.4 Å². The second-order valence-electron chi connectivity index (χ2n) is 4.44. The van der Waals surface area contributed by atoms with Gasteiger partial charge in [0.25, 0.3) is 5.91 Å². The average Bonchev–Trinajstić information content (AvgIpc) is 2.80. The molecule has 1 atom stereocenters. The molecule has 0 bridgehead atoms. The zero-order chi connectivity index (χ0) is 11.0. The number of nitrogens with one attached hydrogen (secondary N) is 1. The first-order chi connectivity index (χ1) is 7.86. The molecular formula is C11H16N4O. The Bertz CT molecular complexity index is 394. The first kappa shape index (κ1) is 9.84. The Morgan fingerprint density at radius 1 is 1.44 bits per heavy atom. The maximum Gasteiger partial charge on any atom is 0.290 e. The molecule has 1 saturated heterocycles. The van der Waals surface area contributed by atoms with Gasteiger partial charge in [-0.2, -0.15) is 0 Å². The third-order valence-electron chi connectivity index (χ3n) is 3.46. The maximum atomic E-state index is 12.2. The Labute approximate surface area is 94.4 Å². The van der Waals surface area contributed by atoms with E-state index in [2.05, 4.69) is 10.3 Å². The van der Waals surface area contributed by atoms with Crippen LogP contribution in [-0.2, 0) is 6.54 Å². The van der Waals surface area contributed by atoms with Crippen molar-refractivity contribution < 1.29 is 4.79 Å². The van der Waals surface area contributed by atoms with E-state index in [0.717, 1.165) is 39.0 Å². The zero-order valence-corrected chi connectivity index (χ0v) is 9.22. The van der Waals surface area contributed by atoms with Crippen LogP contribution in [-0.4, -0.2) is 46.0 Å². The summed E-state index contributed by atoms with van der Waals surface area (Å²) in [7, 11) is 0. The number of hydrogen-bond acceptors (Lipinski definition) is 3. The minimum Gasteiger partial charge on any atom is -0.330 e. The highest BCUT2D eigenvalue weighted by atomic mass is 16.2. The zero-order valence-electron chi connectivity index (χ0n) is 9.22. The summed E-state index contributed by atoms with van der Waals surface area (Å²) in [5.41, 5.74) is 0. The van der Waals surface area contributed by atoms with Crippen LogP contribution in [0.3, 0.4) is 0 Å². The van der Waals surface area contributed by atoms with Crippen molar-refractivity contribution in [1.82, 2.24) is 19.8 Å². The van der Waals surface area contributed by atoms with Gasteiger partial charge < -0.3 is 14.8 Å². The molecule has 0 aromatic carbocycles. The van der Waals surface area contributed by atoms with Gasteiger partial charge in [0.05, 0.1) is 0 Å². The lowest BCUT2D eigenvalue weighted by molar-refractivity contribution is 0.0579. The summed E-state index contributed by atoms with van der Waals surface area (Å²) in [4.78, 5) is 18.3. The predicted molar refractivity (Wildman–Crippen MR) is 59.2 cm³/mol. The number of rotatable bonds is 1. The van der Waals surface area contributed by atoms with Gasteiger partial charge >= 0.3 is 0 Å². The van der Waals surface area contributed by atoms with Crippen LogP contribution in [0.25, 0.3) is 0 Å². The molecule has 5 nitrogen and oxygen atoms in total. The number of aromatic nitrogens is 2. The number of amides is 1. The molecule has 5 heteroatoms. The van der Waals surface area contributed by atoms with Gasteiger partial charge in [-0.15, -0.1) is 0 Å². The number of fused-ring (bicyclic) bond motifs is 1. The standard InChI is InChI=1S/C11H16N4O/c16-11-10-13-4-5-14(10)6-7-15(11)9-2-1-3-12-8-9/h4-5,9,12H,1-3,6-8H2. The van der Waals surface area contributed by atoms with E-state index in [-0.39, 0.29) is 5.91 Å². The van der Waals surface area contributed by atoms with Crippen molar-refractivity contribution in [3.05, 3.63) is 18.2 Å². The number of hydrogen-bond donors (Lipinski definition) is 1. The molecule has 3 rings (SSSR count). The topological polar surface area (TPSA) is 50.2 Å². The first-order valence-electron chi connectivity index (χ1n) is 5.89. The average molecular weight is 220 g/mol. The van der Waals surface area contributed by atoms with Gasteiger partial charge in [0.15, 0.2) is 5.82 Å². The molecule has 0 radical (unpaired) electrons. The van der Waals surface area contributed by atoms with E-state index >= 15 is 0 Å². The number of piperidine rings is 1. The predicted octanol–water partition coefficient (Wildman–Crippen LogP) is 0.0909. The van der Waals surface area contributed by atoms with Crippen LogP contribution in [0, 0.1) is 0 Å². The lowest BCUT2D eigenvalue weighted by Crippen LogP contribution is -2.52. The lowest BCUT2D eigenvalue weighted by Gasteiger charge is -2.36. The van der Waals surface area contributed by atoms with Gasteiger partial charge in [-0.25, -0.2) is 4.98 Å². The largest absolute Gasteiger partial charge is 0.330 e. The number of imidazole rings is 1. The van der Waals surface area contributed by atoms with Crippen molar-refractivity contribution in [1.29, 1.82) is 0 Å². The van der Waals surface area contributed by atoms with Crippen LogP contribution < -0.4 is 5.32 Å². The number of carbonyl (C=O) groups is 1. The Balaban J connectivity index is 1.81. The summed E-state index contributed by atoms with van der Waals surface area (Å²) in [6.07, 6.45) is 5.85. The highest BCUT2D eigenvalue weighted by Crippen LogP contribution is 2.17. The first-order valence-corrected chi connectivity index (χ1v) is 5.89. The fourth-order valence-electron chi connectivity index (χ4n) is 2.58. The Morgan fingerprint density at radius 3 is 3.19 bits per heavy atom. The highest BCUT2D eigenvalue weighted by Gasteiger charge is 2.31. The third kappa shape index (κ3) is 1.51. The molecule has 1 unspecified atom stereocenters. The molecule has 3 heterocycles. The summed E-state index contributed by atoms with van der Waals surface area (Å²) in [5, 5.41) is 3.35. The van der Waals surface area contributed by atoms with E-state index < -0.39 is 0 Å². The smallest absolute Gasteiger partial charge is 0.290 e. The minimum atomic E-state index is 0.0879. The normalized spacial score (nSPS) is 25.6. The van der Waals surface area contributed by atoms with Crippen LogP contribution in [0.1, 0.15) is 23.5 Å². The molecule has 0 spiro atoms. The number of nitrogens with zero attached hydrogens (tertiary/aromatic N) is 3. The second kappa shape index (κ2) is 3.90. The monoisotopic (exact) mass is 220 g/mol. The van der Waals surface area contributed by atoms with Crippen LogP contribution in [0.15, 0.2) is 12.4 Å². The van der Waals surface area contributed by atoms with Gasteiger partial charge in [0.1, 0.15) is 0 Å². The van der Waals surface area contributed by atoms with Crippen molar-refractivity contribution in [3.63, 3.8) is 0 Å². The summed E-state index contributed by atoms with van der Waals surface area (Å²) >= 11 is 0. The molecule has 2 aliphatic rings. The van der Waals surface area contributed by atoms with Gasteiger partial charge in [-0.1, -0.05) is 0 Å². The molecule has 1 aromatic heterocycles. The van der Waals surface area contributed by atoms with E-state index in [1.807, 2.05) is 15.7 Å². The van der Waals surface area contributed by atoms with E-state index in [4.69, 9.17) is 0 Å². The quantitative estimate of drug-likeness (QED) is 0.730. The molecular weight excluding hydrogens is 204 g/mol.